The third kappa shape index (κ3) is 6.65. The monoisotopic (exact) mass is 509 g/mol. The molecule has 1 aromatic heterocycles. The number of hydrogen-bond acceptors (Lipinski definition) is 6. The van der Waals surface area contributed by atoms with Gasteiger partial charge in [-0.3, -0.25) is 19.4 Å². The van der Waals surface area contributed by atoms with Gasteiger partial charge in [-0.15, -0.1) is 0 Å². The zero-order valence-corrected chi connectivity index (χ0v) is 21.6. The Morgan fingerprint density at radius 3 is 2.46 bits per heavy atom. The van der Waals surface area contributed by atoms with Crippen molar-refractivity contribution in [1.82, 2.24) is 15.6 Å². The van der Waals surface area contributed by atoms with E-state index < -0.39 is 29.7 Å². The van der Waals surface area contributed by atoms with E-state index in [9.17, 15) is 18.8 Å². The van der Waals surface area contributed by atoms with Gasteiger partial charge in [0.2, 0.25) is 5.91 Å². The van der Waals surface area contributed by atoms with Gasteiger partial charge in [0.05, 0.1) is 23.4 Å². The molecule has 3 rings (SSSR count). The van der Waals surface area contributed by atoms with Crippen LogP contribution in [0.2, 0.25) is 0 Å². The minimum absolute atomic E-state index is 0.0111. The van der Waals surface area contributed by atoms with Crippen LogP contribution in [-0.2, 0) is 9.59 Å². The number of carbonyl (C=O) groups excluding carboxylic acids is 3. The number of aromatic nitrogens is 1. The molecule has 2 amide bonds. The van der Waals surface area contributed by atoms with Gasteiger partial charge in [-0.2, -0.15) is 0 Å². The maximum absolute atomic E-state index is 14.0. The maximum Gasteiger partial charge on any atom is 0.251 e. The Kier molecular flexibility index (Phi) is 9.63. The number of primary amides is 1. The number of amides is 2. The van der Waals surface area contributed by atoms with Crippen LogP contribution in [0.15, 0.2) is 36.7 Å². The molecule has 2 aromatic rings. The molecule has 3 atom stereocenters. The summed E-state index contributed by atoms with van der Waals surface area (Å²) in [6.07, 6.45) is 8.41. The predicted octanol–water partition coefficient (Wildman–Crippen LogP) is 3.74. The Morgan fingerprint density at radius 2 is 1.84 bits per heavy atom. The van der Waals surface area contributed by atoms with Crippen molar-refractivity contribution in [2.45, 2.75) is 70.4 Å². The third-order valence-electron chi connectivity index (χ3n) is 7.28. The van der Waals surface area contributed by atoms with Crippen molar-refractivity contribution in [1.29, 1.82) is 5.41 Å². The van der Waals surface area contributed by atoms with Crippen molar-refractivity contribution in [3.8, 4) is 11.1 Å². The Bertz CT molecular complexity index is 1160. The van der Waals surface area contributed by atoms with Crippen molar-refractivity contribution in [2.24, 2.45) is 11.7 Å². The zero-order valence-electron chi connectivity index (χ0n) is 21.6. The average Bonchev–Trinajstić information content (AvgIpc) is 2.91. The highest BCUT2D eigenvalue weighted by atomic mass is 19.1. The first kappa shape index (κ1) is 28.1. The van der Waals surface area contributed by atoms with Crippen LogP contribution in [0, 0.1) is 17.1 Å². The molecule has 9 heteroatoms. The summed E-state index contributed by atoms with van der Waals surface area (Å²) in [5.74, 6) is -2.77. The maximum atomic E-state index is 14.0. The summed E-state index contributed by atoms with van der Waals surface area (Å²) < 4.78 is 14.0. The average molecular weight is 510 g/mol. The number of nitrogens with zero attached hydrogens (tertiary/aromatic N) is 1. The van der Waals surface area contributed by atoms with E-state index in [2.05, 4.69) is 15.6 Å². The van der Waals surface area contributed by atoms with E-state index in [1.54, 1.807) is 32.4 Å². The van der Waals surface area contributed by atoms with Crippen LogP contribution in [0.1, 0.15) is 74.2 Å². The Labute approximate surface area is 217 Å². The topological polar surface area (TPSA) is 138 Å². The largest absolute Gasteiger partial charge is 0.366 e. The molecule has 1 aliphatic rings. The van der Waals surface area contributed by atoms with Gasteiger partial charge in [-0.1, -0.05) is 32.3 Å². The Morgan fingerprint density at radius 1 is 1.14 bits per heavy atom. The van der Waals surface area contributed by atoms with Crippen LogP contribution < -0.4 is 16.4 Å². The minimum Gasteiger partial charge on any atom is -0.366 e. The van der Waals surface area contributed by atoms with E-state index in [0.717, 1.165) is 32.1 Å². The van der Waals surface area contributed by atoms with Gasteiger partial charge in [0.1, 0.15) is 5.82 Å². The number of hydrogen-bond donors (Lipinski definition) is 4. The molecule has 0 unspecified atom stereocenters. The fourth-order valence-corrected chi connectivity index (χ4v) is 4.92. The van der Waals surface area contributed by atoms with E-state index in [1.165, 1.54) is 18.2 Å². The smallest absolute Gasteiger partial charge is 0.251 e. The highest BCUT2D eigenvalue weighted by molar-refractivity contribution is 6.42. The number of nitrogens with two attached hydrogens (primary N) is 1. The molecule has 198 valence electrons. The molecule has 1 heterocycles. The van der Waals surface area contributed by atoms with Crippen molar-refractivity contribution >= 4 is 23.3 Å². The van der Waals surface area contributed by atoms with Crippen LogP contribution in [0.5, 0.6) is 0 Å². The SMILES string of the molecule is CC[C@H](C(=N)C(=O)[C@@H](NC(=O)[C@H](C)NC)C1CCCCC1)c1cncc(-c2ccc(F)c(C(N)=O)c2)c1. The molecule has 8 nitrogen and oxygen atoms in total. The summed E-state index contributed by atoms with van der Waals surface area (Å²) >= 11 is 0. The Balaban J connectivity index is 1.90. The molecule has 1 aliphatic carbocycles. The summed E-state index contributed by atoms with van der Waals surface area (Å²) in [7, 11) is 1.68. The number of likely N-dealkylation sites (N-methyl/N-ethyl adjacent to an activating group) is 1. The summed E-state index contributed by atoms with van der Waals surface area (Å²) in [5, 5.41) is 14.7. The predicted molar refractivity (Wildman–Crippen MR) is 141 cm³/mol. The fraction of sp³-hybridized carbons (Fsp3) is 0.464. The standard InChI is InChI=1S/C28H36FN5O3/c1-4-21(20-12-19(14-33-15-20)18-10-11-23(29)22(13-18)27(31)36)24(30)26(35)25(17-8-6-5-7-9-17)34-28(37)16(2)32-3/h10-17,21,25,30,32H,4-9H2,1-3H3,(H2,31,36)(H,34,37)/t16-,21-,25-/m0/s1. The van der Waals surface area contributed by atoms with Crippen molar-refractivity contribution in [3.05, 3.63) is 53.6 Å². The molecule has 37 heavy (non-hydrogen) atoms. The van der Waals surface area contributed by atoms with Gasteiger partial charge in [-0.05, 0) is 68.5 Å². The number of rotatable bonds is 11. The summed E-state index contributed by atoms with van der Waals surface area (Å²) in [4.78, 5) is 42.3. The van der Waals surface area contributed by atoms with Crippen LogP contribution in [0.3, 0.4) is 0 Å². The van der Waals surface area contributed by atoms with Gasteiger partial charge < -0.3 is 21.8 Å². The molecule has 0 radical (unpaired) electrons. The molecule has 0 spiro atoms. The molecule has 0 aliphatic heterocycles. The van der Waals surface area contributed by atoms with E-state index in [4.69, 9.17) is 11.1 Å². The lowest BCUT2D eigenvalue weighted by Gasteiger charge is -2.32. The van der Waals surface area contributed by atoms with Gasteiger partial charge in [0, 0.05) is 23.9 Å². The summed E-state index contributed by atoms with van der Waals surface area (Å²) in [5.41, 5.74) is 6.80. The number of halogens is 1. The van der Waals surface area contributed by atoms with Crippen molar-refractivity contribution < 1.29 is 18.8 Å². The van der Waals surface area contributed by atoms with Crippen LogP contribution >= 0.6 is 0 Å². The summed E-state index contributed by atoms with van der Waals surface area (Å²) in [6.45, 7) is 3.62. The number of pyridine rings is 1. The summed E-state index contributed by atoms with van der Waals surface area (Å²) in [6, 6.07) is 4.64. The Hall–Kier alpha value is -3.46. The molecule has 0 saturated heterocycles. The van der Waals surface area contributed by atoms with E-state index in [1.807, 2.05) is 6.92 Å². The van der Waals surface area contributed by atoms with Gasteiger partial charge in [-0.25, -0.2) is 4.39 Å². The lowest BCUT2D eigenvalue weighted by Crippen LogP contribution is -2.53. The first-order valence-corrected chi connectivity index (χ1v) is 12.8. The number of benzene rings is 1. The van der Waals surface area contributed by atoms with Crippen molar-refractivity contribution in [3.63, 3.8) is 0 Å². The number of carbonyl (C=O) groups is 3. The van der Waals surface area contributed by atoms with E-state index >= 15 is 0 Å². The quantitative estimate of drug-likeness (QED) is 0.342. The molecular formula is C28H36FN5O3. The number of nitrogens with one attached hydrogen (secondary N) is 3. The van der Waals surface area contributed by atoms with E-state index in [-0.39, 0.29) is 28.9 Å². The lowest BCUT2D eigenvalue weighted by molar-refractivity contribution is -0.127. The zero-order chi connectivity index (χ0) is 27.1. The second-order valence-electron chi connectivity index (χ2n) is 9.70. The van der Waals surface area contributed by atoms with E-state index in [0.29, 0.717) is 23.1 Å². The lowest BCUT2D eigenvalue weighted by atomic mass is 9.78. The number of ketones is 1. The van der Waals surface area contributed by atoms with Crippen LogP contribution in [-0.4, -0.2) is 47.4 Å². The normalized spacial score (nSPS) is 16.4. The first-order valence-electron chi connectivity index (χ1n) is 12.8. The molecule has 5 N–H and O–H groups in total. The molecular weight excluding hydrogens is 473 g/mol. The highest BCUT2D eigenvalue weighted by Crippen LogP contribution is 2.31. The van der Waals surface area contributed by atoms with Crippen molar-refractivity contribution in [2.75, 3.05) is 7.05 Å². The molecule has 1 saturated carbocycles. The second-order valence-corrected chi connectivity index (χ2v) is 9.70. The fourth-order valence-electron chi connectivity index (χ4n) is 4.92. The first-order chi connectivity index (χ1) is 17.7. The number of Topliss-reactive ketones (excluding diaryl/α,β-unsaturated/α-hetero) is 1. The van der Waals surface area contributed by atoms with Gasteiger partial charge in [0.15, 0.2) is 5.78 Å². The minimum atomic E-state index is -0.870. The van der Waals surface area contributed by atoms with Crippen LogP contribution in [0.25, 0.3) is 11.1 Å². The van der Waals surface area contributed by atoms with Gasteiger partial charge >= 0.3 is 0 Å². The second kappa shape index (κ2) is 12.7. The van der Waals surface area contributed by atoms with Crippen LogP contribution in [0.4, 0.5) is 4.39 Å². The molecule has 1 fully saturated rings. The van der Waals surface area contributed by atoms with Gasteiger partial charge in [0.25, 0.3) is 5.91 Å². The molecule has 1 aromatic carbocycles. The highest BCUT2D eigenvalue weighted by Gasteiger charge is 2.36. The molecule has 0 bridgehead atoms. The third-order valence-corrected chi connectivity index (χ3v) is 7.28.